The molecule has 0 bridgehead atoms. The van der Waals surface area contributed by atoms with Gasteiger partial charge in [0.15, 0.2) is 5.76 Å². The molecule has 2 heterocycles. The highest BCUT2D eigenvalue weighted by Crippen LogP contribution is 2.27. The van der Waals surface area contributed by atoms with E-state index >= 15 is 0 Å². The van der Waals surface area contributed by atoms with E-state index in [9.17, 15) is 14.4 Å². The van der Waals surface area contributed by atoms with Gasteiger partial charge in [0.2, 0.25) is 0 Å². The van der Waals surface area contributed by atoms with E-state index in [2.05, 4.69) is 10.6 Å². The Kier molecular flexibility index (Phi) is 6.31. The number of methoxy groups -OCH3 is 1. The molecule has 2 rings (SSSR count). The molecule has 0 aliphatic carbocycles. The zero-order valence-electron chi connectivity index (χ0n) is 13.7. The average molecular weight is 366 g/mol. The molecule has 1 atom stereocenters. The molecule has 0 aliphatic rings. The van der Waals surface area contributed by atoms with Gasteiger partial charge in [-0.2, -0.15) is 0 Å². The molecule has 8 nitrogen and oxygen atoms in total. The molecule has 134 valence electrons. The molecule has 3 N–H and O–H groups in total. The van der Waals surface area contributed by atoms with Crippen molar-refractivity contribution in [2.45, 2.75) is 19.4 Å². The van der Waals surface area contributed by atoms with Crippen molar-refractivity contribution in [3.63, 3.8) is 0 Å². The van der Waals surface area contributed by atoms with E-state index in [1.165, 1.54) is 19.4 Å². The largest absolute Gasteiger partial charge is 0.480 e. The van der Waals surface area contributed by atoms with Gasteiger partial charge in [-0.05, 0) is 30.7 Å². The van der Waals surface area contributed by atoms with Gasteiger partial charge >= 0.3 is 5.97 Å². The molecule has 0 saturated heterocycles. The van der Waals surface area contributed by atoms with Crippen molar-refractivity contribution in [1.29, 1.82) is 0 Å². The first-order valence-electron chi connectivity index (χ1n) is 7.40. The second-order valence-corrected chi connectivity index (χ2v) is 6.25. The van der Waals surface area contributed by atoms with Gasteiger partial charge in [-0.25, -0.2) is 4.79 Å². The molecule has 0 aromatic carbocycles. The molecule has 2 aromatic heterocycles. The summed E-state index contributed by atoms with van der Waals surface area (Å²) in [6.07, 6.45) is 1.55. The molecule has 0 aliphatic heterocycles. The fourth-order valence-electron chi connectivity index (χ4n) is 2.07. The average Bonchev–Trinajstić information content (AvgIpc) is 3.20. The van der Waals surface area contributed by atoms with Gasteiger partial charge < -0.3 is 24.9 Å². The minimum Gasteiger partial charge on any atom is -0.480 e. The molecule has 9 heteroatoms. The maximum Gasteiger partial charge on any atom is 0.326 e. The highest BCUT2D eigenvalue weighted by Gasteiger charge is 2.23. The van der Waals surface area contributed by atoms with Gasteiger partial charge in [0.25, 0.3) is 11.8 Å². The number of thiophene rings is 1. The van der Waals surface area contributed by atoms with E-state index < -0.39 is 23.8 Å². The smallest absolute Gasteiger partial charge is 0.326 e. The van der Waals surface area contributed by atoms with Gasteiger partial charge in [-0.15, -0.1) is 11.3 Å². The fourth-order valence-corrected chi connectivity index (χ4v) is 3.04. The van der Waals surface area contributed by atoms with Crippen molar-refractivity contribution in [3.8, 4) is 0 Å². The molecule has 0 spiro atoms. The Morgan fingerprint density at radius 3 is 2.72 bits per heavy atom. The summed E-state index contributed by atoms with van der Waals surface area (Å²) in [7, 11) is 1.46. The van der Waals surface area contributed by atoms with Crippen LogP contribution in [0.4, 0.5) is 5.00 Å². The van der Waals surface area contributed by atoms with Crippen molar-refractivity contribution < 1.29 is 28.6 Å². The predicted octanol–water partition coefficient (Wildman–Crippen LogP) is 2.12. The summed E-state index contributed by atoms with van der Waals surface area (Å²) < 4.78 is 9.85. The number of ether oxygens (including phenoxy) is 1. The third-order valence-corrected chi connectivity index (χ3v) is 4.47. The first kappa shape index (κ1) is 18.7. The minimum atomic E-state index is -1.13. The van der Waals surface area contributed by atoms with Crippen LogP contribution in [0.15, 0.2) is 28.9 Å². The van der Waals surface area contributed by atoms with E-state index in [1.54, 1.807) is 19.1 Å². The molecule has 25 heavy (non-hydrogen) atoms. The Hall–Kier alpha value is -2.65. The molecular weight excluding hydrogens is 348 g/mol. The number of rotatable bonds is 8. The van der Waals surface area contributed by atoms with Crippen LogP contribution >= 0.6 is 11.3 Å². The molecule has 0 fully saturated rings. The van der Waals surface area contributed by atoms with E-state index in [0.717, 1.165) is 11.3 Å². The number of amides is 2. The summed E-state index contributed by atoms with van der Waals surface area (Å²) in [6.45, 7) is 1.92. The van der Waals surface area contributed by atoms with Crippen LogP contribution in [0, 0.1) is 6.92 Å². The van der Waals surface area contributed by atoms with E-state index in [1.807, 2.05) is 0 Å². The van der Waals surface area contributed by atoms with Crippen LogP contribution in [0.1, 0.15) is 32.2 Å². The Morgan fingerprint density at radius 1 is 1.36 bits per heavy atom. The number of anilines is 1. The highest BCUT2D eigenvalue weighted by molar-refractivity contribution is 7.18. The number of carboxylic acid groups (broad SMARTS) is 1. The lowest BCUT2D eigenvalue weighted by molar-refractivity contribution is -0.139. The molecule has 1 unspecified atom stereocenters. The molecular formula is C16H18N2O6S. The van der Waals surface area contributed by atoms with Crippen molar-refractivity contribution >= 4 is 34.1 Å². The Labute approximate surface area is 147 Å². The summed E-state index contributed by atoms with van der Waals surface area (Å²) in [5, 5.41) is 14.7. The number of carboxylic acids is 1. The molecule has 0 saturated carbocycles. The third kappa shape index (κ3) is 4.91. The lowest BCUT2D eigenvalue weighted by atomic mass is 10.2. The topological polar surface area (TPSA) is 118 Å². The summed E-state index contributed by atoms with van der Waals surface area (Å²) in [4.78, 5) is 35.8. The van der Waals surface area contributed by atoms with Gasteiger partial charge in [0.1, 0.15) is 6.04 Å². The Balaban J connectivity index is 2.06. The Morgan fingerprint density at radius 2 is 2.12 bits per heavy atom. The monoisotopic (exact) mass is 366 g/mol. The molecule has 0 radical (unpaired) electrons. The third-order valence-electron chi connectivity index (χ3n) is 3.32. The maximum absolute atomic E-state index is 12.3. The molecule has 2 aromatic rings. The number of hydrogen-bond acceptors (Lipinski definition) is 6. The van der Waals surface area contributed by atoms with E-state index in [4.69, 9.17) is 14.3 Å². The lowest BCUT2D eigenvalue weighted by Gasteiger charge is -2.13. The van der Waals surface area contributed by atoms with Crippen LogP contribution in [0.2, 0.25) is 0 Å². The predicted molar refractivity (Wildman–Crippen MR) is 91.1 cm³/mol. The van der Waals surface area contributed by atoms with Crippen molar-refractivity contribution in [1.82, 2.24) is 5.32 Å². The van der Waals surface area contributed by atoms with Gasteiger partial charge in [0.05, 0.1) is 16.1 Å². The van der Waals surface area contributed by atoms with Crippen LogP contribution in [0.25, 0.3) is 0 Å². The lowest BCUT2D eigenvalue weighted by Crippen LogP contribution is -2.41. The second kappa shape index (κ2) is 8.45. The van der Waals surface area contributed by atoms with Gasteiger partial charge in [0, 0.05) is 20.1 Å². The van der Waals surface area contributed by atoms with E-state index in [0.29, 0.717) is 15.4 Å². The number of aryl methyl sites for hydroxylation is 1. The maximum atomic E-state index is 12.3. The van der Waals surface area contributed by atoms with Crippen LogP contribution in [0.3, 0.4) is 0 Å². The standard InChI is InChI=1S/C16H18N2O6S/c1-9-8-12(18-14(19)11-4-3-6-24-11)25-13(9)15(20)17-10(16(21)22)5-7-23-2/h3-4,6,8,10H,5,7H2,1-2H3,(H,17,20)(H,18,19)(H,21,22). The molecule has 2 amide bonds. The zero-order chi connectivity index (χ0) is 18.4. The quantitative estimate of drug-likeness (QED) is 0.659. The van der Waals surface area contributed by atoms with Crippen molar-refractivity contribution in [2.75, 3.05) is 19.0 Å². The SMILES string of the molecule is COCCC(NC(=O)c1sc(NC(=O)c2ccco2)cc1C)C(=O)O. The number of nitrogens with one attached hydrogen (secondary N) is 2. The summed E-state index contributed by atoms with van der Waals surface area (Å²) in [5.74, 6) is -1.92. The highest BCUT2D eigenvalue weighted by atomic mass is 32.1. The van der Waals surface area contributed by atoms with Crippen LogP contribution in [-0.4, -0.2) is 42.6 Å². The summed E-state index contributed by atoms with van der Waals surface area (Å²) >= 11 is 1.06. The second-order valence-electron chi connectivity index (χ2n) is 5.20. The zero-order valence-corrected chi connectivity index (χ0v) is 14.5. The summed E-state index contributed by atoms with van der Waals surface area (Å²) in [5.41, 5.74) is 0.633. The first-order chi connectivity index (χ1) is 11.9. The van der Waals surface area contributed by atoms with Crippen molar-refractivity contribution in [3.05, 3.63) is 40.7 Å². The van der Waals surface area contributed by atoms with E-state index in [-0.39, 0.29) is 18.8 Å². The minimum absolute atomic E-state index is 0.155. The Bertz CT molecular complexity index is 753. The van der Waals surface area contributed by atoms with Crippen LogP contribution < -0.4 is 10.6 Å². The van der Waals surface area contributed by atoms with Crippen molar-refractivity contribution in [2.24, 2.45) is 0 Å². The number of carbonyl (C=O) groups is 3. The van der Waals surface area contributed by atoms with Crippen LogP contribution in [0.5, 0.6) is 0 Å². The summed E-state index contributed by atoms with van der Waals surface area (Å²) in [6, 6.07) is 3.72. The van der Waals surface area contributed by atoms with Crippen LogP contribution in [-0.2, 0) is 9.53 Å². The number of furan rings is 1. The fraction of sp³-hybridized carbons (Fsp3) is 0.312. The van der Waals surface area contributed by atoms with Gasteiger partial charge in [-0.3, -0.25) is 9.59 Å². The first-order valence-corrected chi connectivity index (χ1v) is 8.22. The normalized spacial score (nSPS) is 11.8. The number of hydrogen-bond donors (Lipinski definition) is 3. The van der Waals surface area contributed by atoms with Gasteiger partial charge in [-0.1, -0.05) is 0 Å². The number of carbonyl (C=O) groups excluding carboxylic acids is 2. The number of aliphatic carboxylic acids is 1.